The van der Waals surface area contributed by atoms with Crippen molar-refractivity contribution in [3.8, 4) is 6.07 Å². The molecule has 20 heavy (non-hydrogen) atoms. The fraction of sp³-hybridized carbons (Fsp3) is 0.500. The van der Waals surface area contributed by atoms with Crippen LogP contribution in [-0.4, -0.2) is 12.7 Å². The molecule has 1 aromatic rings. The maximum Gasteiger partial charge on any atom is 0.0740 e. The fourth-order valence-electron chi connectivity index (χ4n) is 2.84. The lowest BCUT2D eigenvalue weighted by Crippen LogP contribution is -2.31. The Balaban J connectivity index is 1.82. The SMILES string of the molecule is CCC1CCC(C#N)C(OC/C=C/c2ccccc2)C1. The molecule has 1 aromatic carbocycles. The van der Waals surface area contributed by atoms with Crippen LogP contribution >= 0.6 is 0 Å². The summed E-state index contributed by atoms with van der Waals surface area (Å²) in [5, 5.41) is 9.21. The molecule has 0 spiro atoms. The monoisotopic (exact) mass is 269 g/mol. The van der Waals surface area contributed by atoms with E-state index in [0.29, 0.717) is 6.61 Å². The molecule has 2 rings (SSSR count). The van der Waals surface area contributed by atoms with Gasteiger partial charge in [-0.2, -0.15) is 5.26 Å². The molecule has 2 heteroatoms. The van der Waals surface area contributed by atoms with Crippen molar-refractivity contribution in [3.05, 3.63) is 42.0 Å². The smallest absolute Gasteiger partial charge is 0.0740 e. The first-order valence-corrected chi connectivity index (χ1v) is 7.56. The third-order valence-electron chi connectivity index (χ3n) is 4.16. The molecule has 106 valence electrons. The van der Waals surface area contributed by atoms with Crippen LogP contribution in [0, 0.1) is 23.2 Å². The van der Waals surface area contributed by atoms with Gasteiger partial charge in [-0.1, -0.05) is 55.8 Å². The summed E-state index contributed by atoms with van der Waals surface area (Å²) in [4.78, 5) is 0. The van der Waals surface area contributed by atoms with Crippen LogP contribution in [0.15, 0.2) is 36.4 Å². The van der Waals surface area contributed by atoms with Gasteiger partial charge in [0.1, 0.15) is 0 Å². The summed E-state index contributed by atoms with van der Waals surface area (Å²) in [6.07, 6.45) is 8.61. The maximum atomic E-state index is 9.21. The molecule has 1 aliphatic carbocycles. The van der Waals surface area contributed by atoms with Crippen LogP contribution in [0.2, 0.25) is 0 Å². The first-order valence-electron chi connectivity index (χ1n) is 7.56. The van der Waals surface area contributed by atoms with Crippen LogP contribution in [0.5, 0.6) is 0 Å². The molecule has 3 atom stereocenters. The third-order valence-corrected chi connectivity index (χ3v) is 4.16. The fourth-order valence-corrected chi connectivity index (χ4v) is 2.84. The van der Waals surface area contributed by atoms with Crippen LogP contribution in [0.1, 0.15) is 38.2 Å². The van der Waals surface area contributed by atoms with Gasteiger partial charge in [0.25, 0.3) is 0 Å². The van der Waals surface area contributed by atoms with Crippen LogP contribution in [-0.2, 0) is 4.74 Å². The summed E-state index contributed by atoms with van der Waals surface area (Å²) in [7, 11) is 0. The number of benzene rings is 1. The van der Waals surface area contributed by atoms with Gasteiger partial charge in [-0.15, -0.1) is 0 Å². The Labute approximate surface area is 122 Å². The highest BCUT2D eigenvalue weighted by Gasteiger charge is 2.30. The van der Waals surface area contributed by atoms with E-state index < -0.39 is 0 Å². The zero-order chi connectivity index (χ0) is 14.2. The largest absolute Gasteiger partial charge is 0.373 e. The van der Waals surface area contributed by atoms with Gasteiger partial charge in [0.2, 0.25) is 0 Å². The highest BCUT2D eigenvalue weighted by Crippen LogP contribution is 2.32. The normalized spacial score (nSPS) is 26.5. The lowest BCUT2D eigenvalue weighted by molar-refractivity contribution is 0.00447. The Morgan fingerprint density at radius 1 is 1.30 bits per heavy atom. The van der Waals surface area contributed by atoms with E-state index in [2.05, 4.69) is 31.2 Å². The highest BCUT2D eigenvalue weighted by molar-refractivity contribution is 5.48. The standard InChI is InChI=1S/C18H23NO/c1-2-15-10-11-17(14-19)18(13-15)20-12-6-9-16-7-4-3-5-8-16/h3-9,15,17-18H,2,10-13H2,1H3/b9-6+. The summed E-state index contributed by atoms with van der Waals surface area (Å²) >= 11 is 0. The van der Waals surface area contributed by atoms with E-state index in [1.807, 2.05) is 24.3 Å². The first-order chi connectivity index (χ1) is 9.83. The van der Waals surface area contributed by atoms with Crippen molar-refractivity contribution in [1.29, 1.82) is 5.26 Å². The minimum absolute atomic E-state index is 0.0722. The van der Waals surface area contributed by atoms with E-state index in [1.165, 1.54) is 18.4 Å². The number of hydrogen-bond donors (Lipinski definition) is 0. The zero-order valence-corrected chi connectivity index (χ0v) is 12.2. The summed E-state index contributed by atoms with van der Waals surface area (Å²) < 4.78 is 5.93. The van der Waals surface area contributed by atoms with E-state index in [0.717, 1.165) is 18.8 Å². The molecular weight excluding hydrogens is 246 g/mol. The Morgan fingerprint density at radius 3 is 2.80 bits per heavy atom. The molecule has 2 nitrogen and oxygen atoms in total. The van der Waals surface area contributed by atoms with E-state index >= 15 is 0 Å². The number of hydrogen-bond acceptors (Lipinski definition) is 2. The van der Waals surface area contributed by atoms with Gasteiger partial charge in [-0.05, 0) is 30.7 Å². The third kappa shape index (κ3) is 4.21. The Morgan fingerprint density at radius 2 is 2.10 bits per heavy atom. The van der Waals surface area contributed by atoms with Crippen molar-refractivity contribution < 1.29 is 4.74 Å². The number of rotatable bonds is 5. The number of ether oxygens (including phenoxy) is 1. The molecular formula is C18H23NO. The average molecular weight is 269 g/mol. The molecule has 3 unspecified atom stereocenters. The maximum absolute atomic E-state index is 9.21. The van der Waals surface area contributed by atoms with E-state index in [4.69, 9.17) is 4.74 Å². The van der Waals surface area contributed by atoms with E-state index in [9.17, 15) is 5.26 Å². The number of nitrogens with zero attached hydrogens (tertiary/aromatic N) is 1. The molecule has 0 radical (unpaired) electrons. The quantitative estimate of drug-likeness (QED) is 0.792. The van der Waals surface area contributed by atoms with Gasteiger partial charge in [-0.25, -0.2) is 0 Å². The minimum atomic E-state index is 0.0722. The van der Waals surface area contributed by atoms with Crippen LogP contribution in [0.25, 0.3) is 6.08 Å². The van der Waals surface area contributed by atoms with Gasteiger partial charge in [0, 0.05) is 0 Å². The van der Waals surface area contributed by atoms with Gasteiger partial charge in [-0.3, -0.25) is 0 Å². The van der Waals surface area contributed by atoms with Crippen molar-refractivity contribution in [2.75, 3.05) is 6.61 Å². The minimum Gasteiger partial charge on any atom is -0.373 e. The van der Waals surface area contributed by atoms with Crippen molar-refractivity contribution in [2.45, 2.75) is 38.7 Å². The molecule has 1 saturated carbocycles. The summed E-state index contributed by atoms with van der Waals surface area (Å²) in [5.74, 6) is 0.797. The molecule has 1 aliphatic rings. The lowest BCUT2D eigenvalue weighted by atomic mass is 9.79. The van der Waals surface area contributed by atoms with Crippen molar-refractivity contribution >= 4 is 6.08 Å². The van der Waals surface area contributed by atoms with Crippen LogP contribution < -0.4 is 0 Å². The topological polar surface area (TPSA) is 33.0 Å². The van der Waals surface area contributed by atoms with Gasteiger partial charge >= 0.3 is 0 Å². The second kappa shape index (κ2) is 7.87. The Kier molecular flexibility index (Phi) is 5.83. The van der Waals surface area contributed by atoms with Crippen molar-refractivity contribution in [3.63, 3.8) is 0 Å². The zero-order valence-electron chi connectivity index (χ0n) is 12.2. The molecule has 0 saturated heterocycles. The predicted molar refractivity (Wildman–Crippen MR) is 82.0 cm³/mol. The first kappa shape index (κ1) is 14.8. The molecule has 1 fully saturated rings. The molecule has 0 aromatic heterocycles. The summed E-state index contributed by atoms with van der Waals surface area (Å²) in [5.41, 5.74) is 1.18. The molecule has 0 N–H and O–H groups in total. The lowest BCUT2D eigenvalue weighted by Gasteiger charge is -2.31. The predicted octanol–water partition coefficient (Wildman–Crippen LogP) is 4.43. The second-order valence-corrected chi connectivity index (χ2v) is 5.51. The van der Waals surface area contributed by atoms with Crippen LogP contribution in [0.4, 0.5) is 0 Å². The highest BCUT2D eigenvalue weighted by atomic mass is 16.5. The van der Waals surface area contributed by atoms with E-state index in [1.54, 1.807) is 0 Å². The molecule has 0 amide bonds. The second-order valence-electron chi connectivity index (χ2n) is 5.51. The Hall–Kier alpha value is -1.59. The molecule has 0 bridgehead atoms. The van der Waals surface area contributed by atoms with Gasteiger partial charge in [0.15, 0.2) is 0 Å². The summed E-state index contributed by atoms with van der Waals surface area (Å²) in [6, 6.07) is 12.6. The van der Waals surface area contributed by atoms with Crippen LogP contribution in [0.3, 0.4) is 0 Å². The average Bonchev–Trinajstić information content (AvgIpc) is 2.52. The van der Waals surface area contributed by atoms with E-state index in [-0.39, 0.29) is 12.0 Å². The van der Waals surface area contributed by atoms with Crippen molar-refractivity contribution in [2.24, 2.45) is 11.8 Å². The molecule has 0 aliphatic heterocycles. The van der Waals surface area contributed by atoms with Gasteiger partial charge in [0.05, 0.1) is 24.7 Å². The van der Waals surface area contributed by atoms with Crippen molar-refractivity contribution in [1.82, 2.24) is 0 Å². The van der Waals surface area contributed by atoms with Gasteiger partial charge < -0.3 is 4.74 Å². The summed E-state index contributed by atoms with van der Waals surface area (Å²) in [6.45, 7) is 2.82. The Bertz CT molecular complexity index is 460. The molecule has 0 heterocycles. The number of nitriles is 1.